The second-order valence-corrected chi connectivity index (χ2v) is 7.25. The smallest absolute Gasteiger partial charge is 0.387 e. The fourth-order valence-corrected chi connectivity index (χ4v) is 2.59. The van der Waals surface area contributed by atoms with E-state index in [1.165, 1.54) is 23.5 Å². The molecule has 0 aliphatic rings. The molecule has 2 aromatic rings. The minimum absolute atomic E-state index is 0.0839. The molecule has 124 valence electrons. The van der Waals surface area contributed by atoms with Crippen LogP contribution < -0.4 is 9.54 Å². The first-order valence-corrected chi connectivity index (χ1v) is 7.82. The van der Waals surface area contributed by atoms with Crippen molar-refractivity contribution in [3.8, 4) is 11.4 Å². The molecule has 1 aromatic carbocycles. The van der Waals surface area contributed by atoms with Crippen LogP contribution in [0.5, 0.6) is 5.75 Å². The van der Waals surface area contributed by atoms with E-state index in [-0.39, 0.29) is 11.7 Å². The van der Waals surface area contributed by atoms with Crippen LogP contribution in [0.1, 0.15) is 25.6 Å². The Kier molecular flexibility index (Phi) is 4.99. The van der Waals surface area contributed by atoms with E-state index in [4.69, 9.17) is 0 Å². The van der Waals surface area contributed by atoms with Gasteiger partial charge in [0.15, 0.2) is 4.80 Å². The van der Waals surface area contributed by atoms with Crippen molar-refractivity contribution in [1.29, 1.82) is 0 Å². The summed E-state index contributed by atoms with van der Waals surface area (Å²) in [6.45, 7) is 4.47. The molecule has 2 rings (SSSR count). The molecule has 0 bridgehead atoms. The Morgan fingerprint density at radius 2 is 1.87 bits per heavy atom. The molecular weight excluding hydrogens is 322 g/mol. The van der Waals surface area contributed by atoms with Crippen molar-refractivity contribution in [1.82, 2.24) is 4.57 Å². The molecule has 4 nitrogen and oxygen atoms in total. The molecule has 0 atom stereocenters. The van der Waals surface area contributed by atoms with Crippen LogP contribution in [0.15, 0.2) is 35.5 Å². The number of carbonyl (C=O) groups excluding carboxylic acids is 1. The van der Waals surface area contributed by atoms with Crippen molar-refractivity contribution in [3.05, 3.63) is 40.1 Å². The Balaban J connectivity index is 2.41. The first kappa shape index (κ1) is 17.3. The van der Waals surface area contributed by atoms with E-state index in [2.05, 4.69) is 9.73 Å². The quantitative estimate of drug-likeness (QED) is 0.850. The maximum Gasteiger partial charge on any atom is 0.387 e. The number of aryl methyl sites for hydroxylation is 1. The van der Waals surface area contributed by atoms with Crippen molar-refractivity contribution >= 4 is 17.2 Å². The molecule has 0 spiro atoms. The van der Waals surface area contributed by atoms with Crippen LogP contribution >= 0.6 is 11.3 Å². The number of thiazole rings is 1. The lowest BCUT2D eigenvalue weighted by Gasteiger charge is -2.12. The molecule has 0 N–H and O–H groups in total. The van der Waals surface area contributed by atoms with Gasteiger partial charge in [0.25, 0.3) is 5.91 Å². The summed E-state index contributed by atoms with van der Waals surface area (Å²) in [5.41, 5.74) is 0.154. The van der Waals surface area contributed by atoms with Crippen LogP contribution in [0, 0.1) is 12.3 Å². The van der Waals surface area contributed by atoms with Gasteiger partial charge in [-0.25, -0.2) is 0 Å². The van der Waals surface area contributed by atoms with Gasteiger partial charge in [-0.15, -0.1) is 11.3 Å². The summed E-state index contributed by atoms with van der Waals surface area (Å²) >= 11 is 1.39. The normalized spacial score (nSPS) is 12.7. The molecule has 0 aliphatic heterocycles. The van der Waals surface area contributed by atoms with Crippen LogP contribution in [-0.2, 0) is 4.79 Å². The SMILES string of the molecule is Cc1cn(-c2ccc(OC(F)F)cc2)/c(=N/C(=O)C(C)(C)C)s1. The number of hydrogen-bond acceptors (Lipinski definition) is 3. The summed E-state index contributed by atoms with van der Waals surface area (Å²) in [5, 5.41) is 0. The summed E-state index contributed by atoms with van der Waals surface area (Å²) in [7, 11) is 0. The van der Waals surface area contributed by atoms with Gasteiger partial charge in [0.05, 0.1) is 0 Å². The zero-order chi connectivity index (χ0) is 17.2. The van der Waals surface area contributed by atoms with Gasteiger partial charge < -0.3 is 4.74 Å². The van der Waals surface area contributed by atoms with E-state index in [1.807, 2.05) is 13.1 Å². The highest BCUT2D eigenvalue weighted by molar-refractivity contribution is 7.09. The van der Waals surface area contributed by atoms with Crippen molar-refractivity contribution in [2.75, 3.05) is 0 Å². The van der Waals surface area contributed by atoms with Gasteiger partial charge >= 0.3 is 6.61 Å². The molecule has 0 unspecified atom stereocenters. The molecule has 0 aliphatic carbocycles. The standard InChI is InChI=1S/C16H18F2N2O2S/c1-10-9-20(15(23-10)19-13(21)16(2,3)4)11-5-7-12(8-6-11)22-14(17)18/h5-9,14H,1-4H3/b19-15-. The lowest BCUT2D eigenvalue weighted by atomic mass is 9.96. The number of carbonyl (C=O) groups is 1. The predicted molar refractivity (Wildman–Crippen MR) is 85.0 cm³/mol. The van der Waals surface area contributed by atoms with E-state index in [1.54, 1.807) is 37.5 Å². The van der Waals surface area contributed by atoms with E-state index < -0.39 is 12.0 Å². The van der Waals surface area contributed by atoms with E-state index in [0.717, 1.165) is 10.6 Å². The fraction of sp³-hybridized carbons (Fsp3) is 0.375. The number of ether oxygens (including phenoxy) is 1. The Morgan fingerprint density at radius 3 is 2.39 bits per heavy atom. The van der Waals surface area contributed by atoms with Crippen LogP contribution in [-0.4, -0.2) is 17.1 Å². The van der Waals surface area contributed by atoms with Crippen LogP contribution in [0.25, 0.3) is 5.69 Å². The summed E-state index contributed by atoms with van der Waals surface area (Å²) in [5.74, 6) is -0.133. The number of aromatic nitrogens is 1. The second-order valence-electron chi connectivity index (χ2n) is 6.03. The van der Waals surface area contributed by atoms with Crippen LogP contribution in [0.3, 0.4) is 0 Å². The maximum atomic E-state index is 12.2. The molecule has 1 aromatic heterocycles. The molecule has 1 heterocycles. The van der Waals surface area contributed by atoms with E-state index in [9.17, 15) is 13.6 Å². The molecule has 0 saturated carbocycles. The molecule has 1 amide bonds. The lowest BCUT2D eigenvalue weighted by molar-refractivity contribution is -0.125. The third-order valence-corrected chi connectivity index (χ3v) is 3.85. The average molecular weight is 340 g/mol. The number of nitrogens with zero attached hydrogens (tertiary/aromatic N) is 2. The van der Waals surface area contributed by atoms with Gasteiger partial charge in [-0.1, -0.05) is 20.8 Å². The topological polar surface area (TPSA) is 43.6 Å². The van der Waals surface area contributed by atoms with Crippen LogP contribution in [0.4, 0.5) is 8.78 Å². The third kappa shape index (κ3) is 4.48. The minimum atomic E-state index is -2.85. The van der Waals surface area contributed by atoms with Crippen molar-refractivity contribution in [3.63, 3.8) is 0 Å². The summed E-state index contributed by atoms with van der Waals surface area (Å²) in [6, 6.07) is 6.20. The maximum absolute atomic E-state index is 12.2. The van der Waals surface area contributed by atoms with Gasteiger partial charge in [0.1, 0.15) is 5.75 Å². The Morgan fingerprint density at radius 1 is 1.26 bits per heavy atom. The number of hydrogen-bond donors (Lipinski definition) is 0. The highest BCUT2D eigenvalue weighted by Crippen LogP contribution is 2.19. The highest BCUT2D eigenvalue weighted by atomic mass is 32.1. The monoisotopic (exact) mass is 340 g/mol. The number of alkyl halides is 2. The lowest BCUT2D eigenvalue weighted by Crippen LogP contribution is -2.22. The predicted octanol–water partition coefficient (Wildman–Crippen LogP) is 3.92. The van der Waals surface area contributed by atoms with E-state index in [0.29, 0.717) is 4.80 Å². The number of amides is 1. The Bertz CT molecular complexity index is 756. The molecule has 0 radical (unpaired) electrons. The van der Waals surface area contributed by atoms with E-state index >= 15 is 0 Å². The van der Waals surface area contributed by atoms with Gasteiger partial charge in [0, 0.05) is 22.2 Å². The first-order valence-electron chi connectivity index (χ1n) is 7.00. The van der Waals surface area contributed by atoms with Crippen molar-refractivity contribution in [2.45, 2.75) is 34.3 Å². The zero-order valence-electron chi connectivity index (χ0n) is 13.3. The fourth-order valence-electron chi connectivity index (χ4n) is 1.76. The Labute approximate surface area is 137 Å². The molecular formula is C16H18F2N2O2S. The van der Waals surface area contributed by atoms with Gasteiger partial charge in [-0.3, -0.25) is 9.36 Å². The van der Waals surface area contributed by atoms with Gasteiger partial charge in [0.2, 0.25) is 0 Å². The third-order valence-electron chi connectivity index (χ3n) is 2.95. The molecule has 0 fully saturated rings. The highest BCUT2D eigenvalue weighted by Gasteiger charge is 2.21. The largest absolute Gasteiger partial charge is 0.435 e. The van der Waals surface area contributed by atoms with Crippen molar-refractivity contribution in [2.24, 2.45) is 10.4 Å². The minimum Gasteiger partial charge on any atom is -0.435 e. The van der Waals surface area contributed by atoms with Gasteiger partial charge in [-0.2, -0.15) is 13.8 Å². The van der Waals surface area contributed by atoms with Crippen LogP contribution in [0.2, 0.25) is 0 Å². The molecule has 0 saturated heterocycles. The summed E-state index contributed by atoms with van der Waals surface area (Å²) < 4.78 is 30.5. The summed E-state index contributed by atoms with van der Waals surface area (Å²) in [6.07, 6.45) is 1.85. The van der Waals surface area contributed by atoms with Crippen molar-refractivity contribution < 1.29 is 18.3 Å². The Hall–Kier alpha value is -2.02. The molecule has 23 heavy (non-hydrogen) atoms. The average Bonchev–Trinajstić information content (AvgIpc) is 2.78. The number of benzene rings is 1. The number of rotatable bonds is 3. The second kappa shape index (κ2) is 6.62. The van der Waals surface area contributed by atoms with Gasteiger partial charge in [-0.05, 0) is 31.2 Å². The molecule has 7 heteroatoms. The summed E-state index contributed by atoms with van der Waals surface area (Å²) in [4.78, 5) is 17.8. The number of halogens is 2. The zero-order valence-corrected chi connectivity index (χ0v) is 14.2. The first-order chi connectivity index (χ1) is 10.7.